The van der Waals surface area contributed by atoms with Crippen molar-refractivity contribution in [2.24, 2.45) is 0 Å². The van der Waals surface area contributed by atoms with Crippen molar-refractivity contribution < 1.29 is 9.90 Å². The van der Waals surface area contributed by atoms with Crippen LogP contribution < -0.4 is 5.32 Å². The van der Waals surface area contributed by atoms with Crippen LogP contribution >= 0.6 is 0 Å². The van der Waals surface area contributed by atoms with Crippen LogP contribution in [0.25, 0.3) is 0 Å². The molecule has 3 N–H and O–H groups in total. The number of phenolic OH excluding ortho intramolecular Hbond substituents is 1. The minimum atomic E-state index is -0.341. The van der Waals surface area contributed by atoms with Crippen LogP contribution in [0.15, 0.2) is 24.3 Å². The van der Waals surface area contributed by atoms with Crippen molar-refractivity contribution in [3.05, 3.63) is 35.7 Å². The molecule has 0 aliphatic heterocycles. The van der Waals surface area contributed by atoms with Crippen LogP contribution in [0.1, 0.15) is 29.5 Å². The molecule has 1 amide bonds. The number of nitrogens with zero attached hydrogens (tertiary/aromatic N) is 3. The first-order valence-electron chi connectivity index (χ1n) is 5.97. The van der Waals surface area contributed by atoms with E-state index >= 15 is 0 Å². The number of aryl methyl sites for hydroxylation is 1. The summed E-state index contributed by atoms with van der Waals surface area (Å²) in [4.78, 5) is 11.6. The zero-order chi connectivity index (χ0) is 13.7. The lowest BCUT2D eigenvalue weighted by Gasteiger charge is -2.12. The maximum Gasteiger partial charge on any atom is 0.293 e. The molecule has 0 saturated carbocycles. The first-order valence-corrected chi connectivity index (χ1v) is 5.97. The van der Waals surface area contributed by atoms with Gasteiger partial charge in [-0.1, -0.05) is 12.1 Å². The molecular formula is C12H15N5O2. The summed E-state index contributed by atoms with van der Waals surface area (Å²) in [5.74, 6) is -0.0503. The lowest BCUT2D eigenvalue weighted by molar-refractivity contribution is 0.0928. The van der Waals surface area contributed by atoms with Crippen LogP contribution in [0.3, 0.4) is 0 Å². The number of carbonyl (C=O) groups excluding carboxylic acids is 1. The van der Waals surface area contributed by atoms with E-state index in [-0.39, 0.29) is 23.5 Å². The van der Waals surface area contributed by atoms with Crippen molar-refractivity contribution in [3.8, 4) is 5.75 Å². The lowest BCUT2D eigenvalue weighted by atomic mass is 10.1. The number of aromatic hydroxyl groups is 1. The summed E-state index contributed by atoms with van der Waals surface area (Å²) in [6, 6.07) is 7.03. The maximum atomic E-state index is 11.6. The van der Waals surface area contributed by atoms with Crippen molar-refractivity contribution in [1.82, 2.24) is 25.9 Å². The molecule has 0 radical (unpaired) electrons. The van der Waals surface area contributed by atoms with Crippen LogP contribution in [-0.2, 0) is 6.42 Å². The van der Waals surface area contributed by atoms with Gasteiger partial charge in [-0.15, -0.1) is 10.2 Å². The summed E-state index contributed by atoms with van der Waals surface area (Å²) in [5, 5.41) is 24.8. The molecule has 0 fully saturated rings. The summed E-state index contributed by atoms with van der Waals surface area (Å²) in [6.07, 6.45) is 1.60. The number of phenols is 1. The second-order valence-corrected chi connectivity index (χ2v) is 4.32. The monoisotopic (exact) mass is 261 g/mol. The summed E-state index contributed by atoms with van der Waals surface area (Å²) >= 11 is 0. The Kier molecular flexibility index (Phi) is 4.07. The first-order chi connectivity index (χ1) is 9.15. The molecule has 100 valence electrons. The predicted octanol–water partition coefficient (Wildman–Crippen LogP) is 0.656. The van der Waals surface area contributed by atoms with Gasteiger partial charge < -0.3 is 10.4 Å². The second-order valence-electron chi connectivity index (χ2n) is 4.32. The highest BCUT2D eigenvalue weighted by atomic mass is 16.3. The zero-order valence-electron chi connectivity index (χ0n) is 10.5. The molecule has 1 atom stereocenters. The van der Waals surface area contributed by atoms with E-state index in [1.807, 2.05) is 19.1 Å². The van der Waals surface area contributed by atoms with Gasteiger partial charge in [0.2, 0.25) is 0 Å². The minimum absolute atomic E-state index is 0.000182. The fourth-order valence-electron chi connectivity index (χ4n) is 1.66. The van der Waals surface area contributed by atoms with Gasteiger partial charge in [-0.05, 0) is 42.7 Å². The van der Waals surface area contributed by atoms with E-state index in [2.05, 4.69) is 25.9 Å². The van der Waals surface area contributed by atoms with E-state index in [1.165, 1.54) is 0 Å². The van der Waals surface area contributed by atoms with Gasteiger partial charge in [-0.2, -0.15) is 5.21 Å². The molecule has 0 aliphatic rings. The maximum absolute atomic E-state index is 11.6. The van der Waals surface area contributed by atoms with Gasteiger partial charge >= 0.3 is 0 Å². The third-order valence-electron chi connectivity index (χ3n) is 2.73. The quantitative estimate of drug-likeness (QED) is 0.733. The molecule has 7 heteroatoms. The zero-order valence-corrected chi connectivity index (χ0v) is 10.5. The van der Waals surface area contributed by atoms with Crippen molar-refractivity contribution in [3.63, 3.8) is 0 Å². The number of hydrogen-bond donors (Lipinski definition) is 3. The first kappa shape index (κ1) is 13.0. The van der Waals surface area contributed by atoms with Crippen molar-refractivity contribution in [2.45, 2.75) is 25.8 Å². The van der Waals surface area contributed by atoms with E-state index < -0.39 is 0 Å². The number of amides is 1. The van der Waals surface area contributed by atoms with Gasteiger partial charge in [0.1, 0.15) is 5.75 Å². The Labute approximate surface area is 110 Å². The van der Waals surface area contributed by atoms with Crippen molar-refractivity contribution in [1.29, 1.82) is 0 Å². The normalized spacial score (nSPS) is 12.1. The number of aromatic amines is 1. The van der Waals surface area contributed by atoms with Crippen molar-refractivity contribution >= 4 is 5.91 Å². The van der Waals surface area contributed by atoms with Crippen molar-refractivity contribution in [2.75, 3.05) is 0 Å². The molecule has 0 aliphatic carbocycles. The van der Waals surface area contributed by atoms with Crippen LogP contribution in [-0.4, -0.2) is 37.7 Å². The number of carbonyl (C=O) groups is 1. The molecule has 0 saturated heterocycles. The number of rotatable bonds is 5. The summed E-state index contributed by atoms with van der Waals surface area (Å²) in [7, 11) is 0. The number of nitrogens with one attached hydrogen (secondary N) is 2. The average Bonchev–Trinajstić information content (AvgIpc) is 2.92. The topological polar surface area (TPSA) is 104 Å². The van der Waals surface area contributed by atoms with E-state index in [0.717, 1.165) is 18.4 Å². The standard InChI is InChI=1S/C12H15N5O2/c1-8(13-12(19)11-14-16-17-15-11)2-3-9-4-6-10(18)7-5-9/h4-8,18H,2-3H2,1H3,(H,13,19)(H,14,15,16,17). The smallest absolute Gasteiger partial charge is 0.293 e. The Morgan fingerprint density at radius 1 is 1.42 bits per heavy atom. The molecular weight excluding hydrogens is 246 g/mol. The van der Waals surface area contributed by atoms with Crippen LogP contribution in [0, 0.1) is 0 Å². The molecule has 19 heavy (non-hydrogen) atoms. The summed E-state index contributed by atoms with van der Waals surface area (Å²) < 4.78 is 0. The highest BCUT2D eigenvalue weighted by Crippen LogP contribution is 2.11. The molecule has 1 aromatic heterocycles. The van der Waals surface area contributed by atoms with Crippen LogP contribution in [0.2, 0.25) is 0 Å². The third kappa shape index (κ3) is 3.77. The molecule has 2 aromatic rings. The number of H-pyrrole nitrogens is 1. The minimum Gasteiger partial charge on any atom is -0.508 e. The van der Waals surface area contributed by atoms with E-state index in [1.54, 1.807) is 12.1 Å². The van der Waals surface area contributed by atoms with Gasteiger partial charge in [-0.3, -0.25) is 4.79 Å². The highest BCUT2D eigenvalue weighted by Gasteiger charge is 2.13. The number of tetrazole rings is 1. The van der Waals surface area contributed by atoms with Gasteiger partial charge in [0.15, 0.2) is 0 Å². The second kappa shape index (κ2) is 5.94. The average molecular weight is 261 g/mol. The summed E-state index contributed by atoms with van der Waals surface area (Å²) in [5.41, 5.74) is 1.11. The van der Waals surface area contributed by atoms with Crippen LogP contribution in [0.4, 0.5) is 0 Å². The van der Waals surface area contributed by atoms with Gasteiger partial charge in [0, 0.05) is 6.04 Å². The fraction of sp³-hybridized carbons (Fsp3) is 0.333. The molecule has 0 spiro atoms. The molecule has 0 bridgehead atoms. The third-order valence-corrected chi connectivity index (χ3v) is 2.73. The summed E-state index contributed by atoms with van der Waals surface area (Å²) in [6.45, 7) is 1.92. The highest BCUT2D eigenvalue weighted by molar-refractivity contribution is 5.90. The molecule has 1 heterocycles. The Morgan fingerprint density at radius 2 is 2.16 bits per heavy atom. The van der Waals surface area contributed by atoms with E-state index in [9.17, 15) is 9.90 Å². The Hall–Kier alpha value is -2.44. The van der Waals surface area contributed by atoms with Gasteiger partial charge in [0.25, 0.3) is 11.7 Å². The molecule has 7 nitrogen and oxygen atoms in total. The Balaban J connectivity index is 1.80. The van der Waals surface area contributed by atoms with Crippen LogP contribution in [0.5, 0.6) is 5.75 Å². The predicted molar refractivity (Wildman–Crippen MR) is 67.5 cm³/mol. The van der Waals surface area contributed by atoms with E-state index in [0.29, 0.717) is 0 Å². The lowest BCUT2D eigenvalue weighted by Crippen LogP contribution is -2.33. The van der Waals surface area contributed by atoms with E-state index in [4.69, 9.17) is 0 Å². The van der Waals surface area contributed by atoms with Gasteiger partial charge in [-0.25, -0.2) is 0 Å². The fourth-order valence-corrected chi connectivity index (χ4v) is 1.66. The van der Waals surface area contributed by atoms with Gasteiger partial charge in [0.05, 0.1) is 0 Å². The molecule has 1 aromatic carbocycles. The Morgan fingerprint density at radius 3 is 2.79 bits per heavy atom. The Bertz CT molecular complexity index is 524. The molecule has 1 unspecified atom stereocenters. The largest absolute Gasteiger partial charge is 0.508 e. The number of aromatic nitrogens is 4. The SMILES string of the molecule is CC(CCc1ccc(O)cc1)NC(=O)c1nn[nH]n1. The number of benzene rings is 1. The molecule has 2 rings (SSSR count). The number of hydrogen-bond acceptors (Lipinski definition) is 5.